The van der Waals surface area contributed by atoms with Crippen LogP contribution in [-0.4, -0.2) is 24.9 Å². The third-order valence-corrected chi connectivity index (χ3v) is 4.67. The molecular weight excluding hydrogens is 324 g/mol. The first-order valence-corrected chi connectivity index (χ1v) is 8.81. The molecule has 0 aliphatic heterocycles. The van der Waals surface area contributed by atoms with E-state index in [1.165, 1.54) is 12.8 Å². The van der Waals surface area contributed by atoms with Crippen molar-refractivity contribution in [3.8, 4) is 11.3 Å². The molecule has 4 aromatic heterocycles. The number of nitrogens with zero attached hydrogens (tertiary/aromatic N) is 4. The molecule has 0 atom stereocenters. The van der Waals surface area contributed by atoms with E-state index >= 15 is 0 Å². The van der Waals surface area contributed by atoms with E-state index in [4.69, 9.17) is 0 Å². The number of nitrogens with one attached hydrogen (secondary N) is 2. The first-order valence-electron chi connectivity index (χ1n) is 8.81. The molecule has 0 aromatic carbocycles. The number of rotatable bonds is 5. The minimum absolute atomic E-state index is 0.599. The molecule has 0 radical (unpaired) electrons. The fraction of sp³-hybridized carbons (Fsp3) is 0.200. The Morgan fingerprint density at radius 2 is 2.04 bits per heavy atom. The van der Waals surface area contributed by atoms with Crippen molar-refractivity contribution in [1.82, 2.24) is 24.9 Å². The minimum Gasteiger partial charge on any atom is -0.364 e. The molecule has 26 heavy (non-hydrogen) atoms. The van der Waals surface area contributed by atoms with Crippen molar-refractivity contribution in [2.24, 2.45) is 0 Å². The number of hydrogen-bond acceptors (Lipinski definition) is 5. The van der Waals surface area contributed by atoms with Crippen molar-refractivity contribution in [3.05, 3.63) is 66.5 Å². The van der Waals surface area contributed by atoms with E-state index in [0.29, 0.717) is 12.5 Å². The van der Waals surface area contributed by atoms with Gasteiger partial charge in [-0.05, 0) is 43.2 Å². The average Bonchev–Trinajstić information content (AvgIpc) is 3.44. The molecular formula is C20H18N6. The van der Waals surface area contributed by atoms with Gasteiger partial charge in [-0.2, -0.15) is 0 Å². The molecule has 1 aliphatic carbocycles. The lowest BCUT2D eigenvalue weighted by Gasteiger charge is -2.09. The molecule has 0 unspecified atom stereocenters. The Bertz CT molecular complexity index is 1050. The first-order chi connectivity index (χ1) is 12.9. The van der Waals surface area contributed by atoms with Gasteiger partial charge in [0.25, 0.3) is 0 Å². The number of aromatic amines is 1. The minimum atomic E-state index is 0.599. The third kappa shape index (κ3) is 2.90. The highest BCUT2D eigenvalue weighted by Crippen LogP contribution is 2.40. The van der Waals surface area contributed by atoms with Gasteiger partial charge in [-0.3, -0.25) is 4.98 Å². The van der Waals surface area contributed by atoms with Gasteiger partial charge >= 0.3 is 0 Å². The maximum Gasteiger partial charge on any atom is 0.140 e. The summed E-state index contributed by atoms with van der Waals surface area (Å²) in [7, 11) is 0. The molecule has 0 spiro atoms. The Kier molecular flexibility index (Phi) is 3.59. The lowest BCUT2D eigenvalue weighted by atomic mass is 10.1. The zero-order valence-electron chi connectivity index (χ0n) is 14.2. The van der Waals surface area contributed by atoms with Crippen molar-refractivity contribution in [3.63, 3.8) is 0 Å². The molecule has 4 heterocycles. The van der Waals surface area contributed by atoms with Crippen LogP contribution in [0.3, 0.4) is 0 Å². The van der Waals surface area contributed by atoms with Crippen LogP contribution in [-0.2, 0) is 6.54 Å². The van der Waals surface area contributed by atoms with Crippen molar-refractivity contribution in [2.45, 2.75) is 25.3 Å². The lowest BCUT2D eigenvalue weighted by Crippen LogP contribution is -2.03. The van der Waals surface area contributed by atoms with Crippen LogP contribution in [0.4, 0.5) is 5.82 Å². The van der Waals surface area contributed by atoms with Gasteiger partial charge in [0.1, 0.15) is 17.8 Å². The topological polar surface area (TPSA) is 79.4 Å². The summed E-state index contributed by atoms with van der Waals surface area (Å²) in [5.74, 6) is 1.40. The molecule has 1 saturated carbocycles. The summed E-state index contributed by atoms with van der Waals surface area (Å²) in [6.45, 7) is 0.622. The Morgan fingerprint density at radius 1 is 1.08 bits per heavy atom. The normalized spacial score (nSPS) is 13.8. The first kappa shape index (κ1) is 15.0. The van der Waals surface area contributed by atoms with Crippen LogP contribution >= 0.6 is 0 Å². The summed E-state index contributed by atoms with van der Waals surface area (Å²) < 4.78 is 0. The standard InChI is InChI=1S/C20H18N6/c1-2-7-21-14(3-1)11-23-19-9-16(15-6-8-22-20(15)26-19)18-10-17(13-4-5-13)24-12-25-18/h1-3,6-10,12-13H,4-5,11H2,(H2,22,23,26). The van der Waals surface area contributed by atoms with Gasteiger partial charge < -0.3 is 10.3 Å². The second-order valence-corrected chi connectivity index (χ2v) is 6.57. The predicted molar refractivity (Wildman–Crippen MR) is 101 cm³/mol. The predicted octanol–water partition coefficient (Wildman–Crippen LogP) is 3.90. The van der Waals surface area contributed by atoms with Crippen LogP contribution in [0.1, 0.15) is 30.1 Å². The zero-order chi connectivity index (χ0) is 17.3. The molecule has 4 aromatic rings. The molecule has 128 valence electrons. The maximum atomic E-state index is 4.67. The highest BCUT2D eigenvalue weighted by Gasteiger charge is 2.25. The van der Waals surface area contributed by atoms with E-state index in [2.05, 4.69) is 42.4 Å². The largest absolute Gasteiger partial charge is 0.364 e. The number of fused-ring (bicyclic) bond motifs is 1. The van der Waals surface area contributed by atoms with Gasteiger partial charge in [0.2, 0.25) is 0 Å². The van der Waals surface area contributed by atoms with E-state index < -0.39 is 0 Å². The molecule has 5 rings (SSSR count). The summed E-state index contributed by atoms with van der Waals surface area (Å²) >= 11 is 0. The number of H-pyrrole nitrogens is 1. The van der Waals surface area contributed by atoms with Gasteiger partial charge in [-0.15, -0.1) is 0 Å². The molecule has 2 N–H and O–H groups in total. The van der Waals surface area contributed by atoms with Crippen molar-refractivity contribution >= 4 is 16.9 Å². The number of aromatic nitrogens is 5. The molecule has 0 bridgehead atoms. The summed E-state index contributed by atoms with van der Waals surface area (Å²) in [5.41, 5.74) is 4.95. The van der Waals surface area contributed by atoms with Crippen molar-refractivity contribution in [1.29, 1.82) is 0 Å². The molecule has 1 aliphatic rings. The van der Waals surface area contributed by atoms with E-state index in [1.807, 2.05) is 30.5 Å². The fourth-order valence-electron chi connectivity index (χ4n) is 3.15. The van der Waals surface area contributed by atoms with Crippen LogP contribution in [0.5, 0.6) is 0 Å². The highest BCUT2D eigenvalue weighted by atomic mass is 15.0. The van der Waals surface area contributed by atoms with Crippen LogP contribution in [0.2, 0.25) is 0 Å². The van der Waals surface area contributed by atoms with Crippen LogP contribution < -0.4 is 5.32 Å². The Labute approximate surface area is 150 Å². The van der Waals surface area contributed by atoms with Gasteiger partial charge in [0.15, 0.2) is 0 Å². The van der Waals surface area contributed by atoms with Crippen LogP contribution in [0, 0.1) is 0 Å². The number of hydrogen-bond donors (Lipinski definition) is 2. The van der Waals surface area contributed by atoms with Crippen molar-refractivity contribution < 1.29 is 0 Å². The molecule has 6 nitrogen and oxygen atoms in total. The van der Waals surface area contributed by atoms with Gasteiger partial charge in [-0.1, -0.05) is 6.07 Å². The molecule has 6 heteroatoms. The summed E-state index contributed by atoms with van der Waals surface area (Å²) in [5, 5.41) is 4.43. The Hall–Kier alpha value is -3.28. The monoisotopic (exact) mass is 342 g/mol. The highest BCUT2D eigenvalue weighted by molar-refractivity contribution is 5.93. The molecule has 1 fully saturated rings. The van der Waals surface area contributed by atoms with Crippen LogP contribution in [0.15, 0.2) is 55.1 Å². The zero-order valence-corrected chi connectivity index (χ0v) is 14.2. The Balaban J connectivity index is 1.52. The van der Waals surface area contributed by atoms with Gasteiger partial charge in [0.05, 0.1) is 17.9 Å². The van der Waals surface area contributed by atoms with E-state index in [1.54, 1.807) is 12.5 Å². The number of pyridine rings is 2. The van der Waals surface area contributed by atoms with Crippen molar-refractivity contribution in [2.75, 3.05) is 5.32 Å². The fourth-order valence-corrected chi connectivity index (χ4v) is 3.15. The van der Waals surface area contributed by atoms with E-state index in [9.17, 15) is 0 Å². The van der Waals surface area contributed by atoms with Crippen LogP contribution in [0.25, 0.3) is 22.3 Å². The van der Waals surface area contributed by atoms with E-state index in [0.717, 1.165) is 39.5 Å². The van der Waals surface area contributed by atoms with Gasteiger partial charge in [0, 0.05) is 35.0 Å². The van der Waals surface area contributed by atoms with Gasteiger partial charge in [-0.25, -0.2) is 15.0 Å². The second kappa shape index (κ2) is 6.22. The summed E-state index contributed by atoms with van der Waals surface area (Å²) in [6, 6.07) is 12.1. The average molecular weight is 342 g/mol. The number of anilines is 1. The van der Waals surface area contributed by atoms with E-state index in [-0.39, 0.29) is 0 Å². The Morgan fingerprint density at radius 3 is 2.88 bits per heavy atom. The summed E-state index contributed by atoms with van der Waals surface area (Å²) in [4.78, 5) is 21.2. The smallest absolute Gasteiger partial charge is 0.140 e. The maximum absolute atomic E-state index is 4.67. The summed E-state index contributed by atoms with van der Waals surface area (Å²) in [6.07, 6.45) is 7.83. The molecule has 0 amide bonds. The quantitative estimate of drug-likeness (QED) is 0.575. The lowest BCUT2D eigenvalue weighted by molar-refractivity contribution is 0.990. The SMILES string of the molecule is c1ccc(CNc2cc(-c3cc(C4CC4)ncn3)c3cc[nH]c3n2)nc1. The molecule has 0 saturated heterocycles. The third-order valence-electron chi connectivity index (χ3n) is 4.67. The second-order valence-electron chi connectivity index (χ2n) is 6.57.